The molecule has 23 heavy (non-hydrogen) atoms. The zero-order chi connectivity index (χ0) is 17.0. The van der Waals surface area contributed by atoms with Crippen LogP contribution in [-0.2, 0) is 7.05 Å². The minimum Gasteiger partial charge on any atom is -0.346 e. The smallest absolute Gasteiger partial charge is 0.273 e. The molecule has 0 aliphatic carbocycles. The van der Waals surface area contributed by atoms with E-state index in [2.05, 4.69) is 35.4 Å². The minimum atomic E-state index is -0.169. The largest absolute Gasteiger partial charge is 0.346 e. The van der Waals surface area contributed by atoms with Crippen LogP contribution in [0.1, 0.15) is 30.8 Å². The summed E-state index contributed by atoms with van der Waals surface area (Å²) in [6.07, 6.45) is 4.99. The van der Waals surface area contributed by atoms with Crippen LogP contribution in [-0.4, -0.2) is 58.3 Å². The second kappa shape index (κ2) is 8.40. The lowest BCUT2D eigenvalue weighted by Gasteiger charge is -2.22. The summed E-state index contributed by atoms with van der Waals surface area (Å²) in [5, 5.41) is 7.72. The van der Waals surface area contributed by atoms with E-state index < -0.39 is 0 Å². The third kappa shape index (κ3) is 4.88. The van der Waals surface area contributed by atoms with Gasteiger partial charge in [-0.25, -0.2) is 0 Å². The van der Waals surface area contributed by atoms with Crippen LogP contribution in [0.2, 0.25) is 5.02 Å². The van der Waals surface area contributed by atoms with E-state index in [0.717, 1.165) is 19.6 Å². The Morgan fingerprint density at radius 2 is 2.26 bits per heavy atom. The fraction of sp³-hybridized carbons (Fsp3) is 0.750. The highest BCUT2D eigenvalue weighted by Gasteiger charge is 2.35. The van der Waals surface area contributed by atoms with E-state index in [1.165, 1.54) is 12.2 Å². The van der Waals surface area contributed by atoms with Crippen molar-refractivity contribution < 1.29 is 4.79 Å². The predicted octanol–water partition coefficient (Wildman–Crippen LogP) is 2.51. The Bertz CT molecular complexity index is 534. The number of hydrogen-bond acceptors (Lipinski definition) is 4. The molecule has 2 atom stereocenters. The Balaban J connectivity index is 1.98. The van der Waals surface area contributed by atoms with Crippen LogP contribution < -0.4 is 5.32 Å². The number of nitrogens with zero attached hydrogens (tertiary/aromatic N) is 3. The highest BCUT2D eigenvalue weighted by Crippen LogP contribution is 2.25. The molecule has 1 aromatic rings. The fourth-order valence-electron chi connectivity index (χ4n) is 3.21. The normalized spacial score (nSPS) is 22.0. The van der Waals surface area contributed by atoms with E-state index in [1.807, 2.05) is 11.8 Å². The van der Waals surface area contributed by atoms with Gasteiger partial charge in [-0.3, -0.25) is 9.48 Å². The van der Waals surface area contributed by atoms with Crippen LogP contribution in [0.15, 0.2) is 6.20 Å². The maximum atomic E-state index is 12.5. The van der Waals surface area contributed by atoms with Crippen LogP contribution in [0.5, 0.6) is 0 Å². The second-order valence-electron chi connectivity index (χ2n) is 6.59. The van der Waals surface area contributed by atoms with E-state index in [1.54, 1.807) is 17.9 Å². The number of aryl methyl sites for hydroxylation is 1. The molecule has 0 aromatic carbocycles. The number of nitrogens with one attached hydrogen (secondary N) is 1. The van der Waals surface area contributed by atoms with Crippen molar-refractivity contribution in [3.63, 3.8) is 0 Å². The number of hydrogen-bond donors (Lipinski definition) is 1. The van der Waals surface area contributed by atoms with Gasteiger partial charge in [0.15, 0.2) is 5.69 Å². The highest BCUT2D eigenvalue weighted by atomic mass is 35.5. The van der Waals surface area contributed by atoms with Crippen molar-refractivity contribution in [1.29, 1.82) is 0 Å². The number of carbonyl (C=O) groups is 1. The molecule has 1 saturated heterocycles. The van der Waals surface area contributed by atoms with Gasteiger partial charge in [-0.2, -0.15) is 16.9 Å². The van der Waals surface area contributed by atoms with Gasteiger partial charge in [0.2, 0.25) is 0 Å². The van der Waals surface area contributed by atoms with E-state index in [9.17, 15) is 4.79 Å². The average Bonchev–Trinajstić information content (AvgIpc) is 3.02. The highest BCUT2D eigenvalue weighted by molar-refractivity contribution is 7.98. The summed E-state index contributed by atoms with van der Waals surface area (Å²) in [4.78, 5) is 14.9. The molecule has 7 heteroatoms. The average molecular weight is 359 g/mol. The first kappa shape index (κ1) is 18.6. The lowest BCUT2D eigenvalue weighted by atomic mass is 9.91. The summed E-state index contributed by atoms with van der Waals surface area (Å²) in [6, 6.07) is 0.162. The molecule has 130 valence electrons. The Kier molecular flexibility index (Phi) is 6.80. The lowest BCUT2D eigenvalue weighted by molar-refractivity contribution is 0.0919. The van der Waals surface area contributed by atoms with Gasteiger partial charge in [0.05, 0.1) is 5.02 Å². The molecule has 1 N–H and O–H groups in total. The number of aromatic nitrogens is 2. The number of rotatable bonds is 7. The molecular weight excluding hydrogens is 332 g/mol. The van der Waals surface area contributed by atoms with E-state index >= 15 is 0 Å². The monoisotopic (exact) mass is 358 g/mol. The fourth-order valence-corrected chi connectivity index (χ4v) is 3.89. The SMILES string of the molecule is CSCCCN1C[C@@H](NC(=O)c2nn(C)cc2Cl)[C@H](C(C)C)C1. The zero-order valence-electron chi connectivity index (χ0n) is 14.4. The number of likely N-dealkylation sites (tertiary alicyclic amines) is 1. The Morgan fingerprint density at radius 3 is 2.83 bits per heavy atom. The van der Waals surface area contributed by atoms with Crippen LogP contribution >= 0.6 is 23.4 Å². The van der Waals surface area contributed by atoms with Gasteiger partial charge in [0.1, 0.15) is 0 Å². The maximum absolute atomic E-state index is 12.5. The van der Waals surface area contributed by atoms with E-state index in [-0.39, 0.29) is 11.9 Å². The van der Waals surface area contributed by atoms with Crippen molar-refractivity contribution in [2.75, 3.05) is 31.6 Å². The molecule has 5 nitrogen and oxygen atoms in total. The van der Waals surface area contributed by atoms with Gasteiger partial charge < -0.3 is 10.2 Å². The van der Waals surface area contributed by atoms with Gasteiger partial charge in [0, 0.05) is 32.4 Å². The summed E-state index contributed by atoms with van der Waals surface area (Å²) >= 11 is 7.96. The van der Waals surface area contributed by atoms with Crippen LogP contribution in [0.4, 0.5) is 0 Å². The number of thioether (sulfide) groups is 1. The van der Waals surface area contributed by atoms with Gasteiger partial charge in [-0.1, -0.05) is 25.4 Å². The molecule has 0 saturated carbocycles. The third-order valence-electron chi connectivity index (χ3n) is 4.44. The van der Waals surface area contributed by atoms with E-state index in [4.69, 9.17) is 11.6 Å². The van der Waals surface area contributed by atoms with E-state index in [0.29, 0.717) is 22.6 Å². The van der Waals surface area contributed by atoms with Gasteiger partial charge in [-0.05, 0) is 36.8 Å². The summed E-state index contributed by atoms with van der Waals surface area (Å²) in [7, 11) is 1.77. The number of carbonyl (C=O) groups excluding carboxylic acids is 1. The Hall–Kier alpha value is -0.720. The molecule has 0 bridgehead atoms. The molecule has 0 radical (unpaired) electrons. The lowest BCUT2D eigenvalue weighted by Crippen LogP contribution is -2.42. The van der Waals surface area contributed by atoms with Crippen molar-refractivity contribution >= 4 is 29.3 Å². The standard InChI is InChI=1S/C16H27ClN4OS/c1-11(2)12-8-21(6-5-7-23-4)10-14(12)18-16(22)15-13(17)9-20(3)19-15/h9,11-12,14H,5-8,10H2,1-4H3,(H,18,22)/t12-,14+/m0/s1. The second-order valence-corrected chi connectivity index (χ2v) is 7.99. The molecule has 0 spiro atoms. The third-order valence-corrected chi connectivity index (χ3v) is 5.41. The molecule has 1 aliphatic heterocycles. The van der Waals surface area contributed by atoms with Crippen molar-refractivity contribution in [1.82, 2.24) is 20.0 Å². The molecule has 1 aliphatic rings. The van der Waals surface area contributed by atoms with Crippen molar-refractivity contribution in [3.8, 4) is 0 Å². The van der Waals surface area contributed by atoms with Gasteiger partial charge in [0.25, 0.3) is 5.91 Å². The van der Waals surface area contributed by atoms with Crippen LogP contribution in [0, 0.1) is 11.8 Å². The Labute approximate surface area is 148 Å². The molecular formula is C16H27ClN4OS. The molecule has 1 fully saturated rings. The number of halogens is 1. The predicted molar refractivity (Wildman–Crippen MR) is 97.2 cm³/mol. The Morgan fingerprint density at radius 1 is 1.52 bits per heavy atom. The molecule has 1 amide bonds. The molecule has 1 aromatic heterocycles. The zero-order valence-corrected chi connectivity index (χ0v) is 16.0. The van der Waals surface area contributed by atoms with Crippen molar-refractivity contribution in [2.24, 2.45) is 18.9 Å². The van der Waals surface area contributed by atoms with Crippen LogP contribution in [0.3, 0.4) is 0 Å². The van der Waals surface area contributed by atoms with Gasteiger partial charge in [-0.15, -0.1) is 0 Å². The first-order valence-corrected chi connectivity index (χ1v) is 9.90. The molecule has 0 unspecified atom stereocenters. The quantitative estimate of drug-likeness (QED) is 0.761. The van der Waals surface area contributed by atoms with Crippen LogP contribution in [0.25, 0.3) is 0 Å². The summed E-state index contributed by atoms with van der Waals surface area (Å²) < 4.78 is 1.57. The first-order valence-electron chi connectivity index (χ1n) is 8.13. The molecule has 2 rings (SSSR count). The maximum Gasteiger partial charge on any atom is 0.273 e. The van der Waals surface area contributed by atoms with Crippen molar-refractivity contribution in [2.45, 2.75) is 26.3 Å². The summed E-state index contributed by atoms with van der Waals surface area (Å²) in [5.74, 6) is 2.02. The summed E-state index contributed by atoms with van der Waals surface area (Å²) in [5.41, 5.74) is 0.317. The first-order chi connectivity index (χ1) is 10.9. The molecule has 2 heterocycles. The van der Waals surface area contributed by atoms with Crippen molar-refractivity contribution in [3.05, 3.63) is 16.9 Å². The summed E-state index contributed by atoms with van der Waals surface area (Å²) in [6.45, 7) is 7.51. The number of amides is 1. The van der Waals surface area contributed by atoms with Gasteiger partial charge >= 0.3 is 0 Å². The topological polar surface area (TPSA) is 50.2 Å². The minimum absolute atomic E-state index is 0.162.